The Morgan fingerprint density at radius 2 is 1.58 bits per heavy atom. The van der Waals surface area contributed by atoms with Gasteiger partial charge in [0.25, 0.3) is 0 Å². The van der Waals surface area contributed by atoms with Crippen molar-refractivity contribution < 1.29 is 18.0 Å². The molecule has 1 saturated heterocycles. The Balaban J connectivity index is 1.65. The van der Waals surface area contributed by atoms with Gasteiger partial charge < -0.3 is 10.2 Å². The maximum absolute atomic E-state index is 13.3. The summed E-state index contributed by atoms with van der Waals surface area (Å²) in [5.41, 5.74) is 1.85. The summed E-state index contributed by atoms with van der Waals surface area (Å²) in [7, 11) is -3.46. The molecular formula is C28H39N3O4S. The minimum Gasteiger partial charge on any atom is -0.354 e. The van der Waals surface area contributed by atoms with E-state index in [1.54, 1.807) is 36.1 Å². The van der Waals surface area contributed by atoms with Crippen LogP contribution >= 0.6 is 0 Å². The van der Waals surface area contributed by atoms with Crippen LogP contribution in [0, 0.1) is 5.92 Å². The second-order valence-electron chi connectivity index (χ2n) is 9.91. The van der Waals surface area contributed by atoms with Crippen LogP contribution < -0.4 is 5.32 Å². The molecule has 1 N–H and O–H groups in total. The molecule has 0 saturated carbocycles. The highest BCUT2D eigenvalue weighted by atomic mass is 32.2. The van der Waals surface area contributed by atoms with E-state index in [4.69, 9.17) is 0 Å². The number of benzene rings is 2. The Labute approximate surface area is 215 Å². The third kappa shape index (κ3) is 7.64. The normalized spacial score (nSPS) is 15.1. The van der Waals surface area contributed by atoms with Crippen LogP contribution in [0.1, 0.15) is 57.6 Å². The summed E-state index contributed by atoms with van der Waals surface area (Å²) >= 11 is 0. The molecule has 1 aliphatic heterocycles. The molecule has 2 aromatic rings. The zero-order valence-corrected chi connectivity index (χ0v) is 22.5. The minimum atomic E-state index is -3.46. The lowest BCUT2D eigenvalue weighted by atomic mass is 10.1. The van der Waals surface area contributed by atoms with Crippen LogP contribution in [0.4, 0.5) is 0 Å². The Hall–Kier alpha value is -2.71. The Morgan fingerprint density at radius 1 is 0.944 bits per heavy atom. The van der Waals surface area contributed by atoms with Gasteiger partial charge in [0.2, 0.25) is 21.8 Å². The van der Waals surface area contributed by atoms with Crippen LogP contribution in [0.5, 0.6) is 0 Å². The van der Waals surface area contributed by atoms with Gasteiger partial charge in [-0.05, 0) is 61.8 Å². The molecule has 3 rings (SSSR count). The van der Waals surface area contributed by atoms with Crippen molar-refractivity contribution in [3.05, 3.63) is 65.7 Å². The van der Waals surface area contributed by atoms with Gasteiger partial charge in [-0.3, -0.25) is 9.59 Å². The van der Waals surface area contributed by atoms with Gasteiger partial charge in [-0.1, -0.05) is 56.3 Å². The number of sulfonamides is 1. The van der Waals surface area contributed by atoms with Crippen molar-refractivity contribution in [1.29, 1.82) is 0 Å². The summed E-state index contributed by atoms with van der Waals surface area (Å²) in [6, 6.07) is 15.9. The molecule has 36 heavy (non-hydrogen) atoms. The zero-order valence-electron chi connectivity index (χ0n) is 21.7. The van der Waals surface area contributed by atoms with E-state index in [-0.39, 0.29) is 23.1 Å². The summed E-state index contributed by atoms with van der Waals surface area (Å²) in [5, 5.41) is 2.96. The third-order valence-electron chi connectivity index (χ3n) is 6.64. The van der Waals surface area contributed by atoms with E-state index in [1.165, 1.54) is 4.31 Å². The Morgan fingerprint density at radius 3 is 2.19 bits per heavy atom. The highest BCUT2D eigenvalue weighted by Gasteiger charge is 2.28. The van der Waals surface area contributed by atoms with Crippen LogP contribution in [0.15, 0.2) is 59.5 Å². The summed E-state index contributed by atoms with van der Waals surface area (Å²) in [6.07, 6.45) is 3.37. The van der Waals surface area contributed by atoms with E-state index in [2.05, 4.69) is 19.2 Å². The summed E-state index contributed by atoms with van der Waals surface area (Å²) < 4.78 is 27.0. The maximum Gasteiger partial charge on any atom is 0.243 e. The Bertz CT molecular complexity index is 1100. The maximum atomic E-state index is 13.3. The fourth-order valence-corrected chi connectivity index (χ4v) is 5.81. The molecule has 1 aliphatic rings. The van der Waals surface area contributed by atoms with Crippen LogP contribution in [0.25, 0.3) is 0 Å². The molecule has 0 spiro atoms. The lowest BCUT2D eigenvalue weighted by Gasteiger charge is -2.29. The van der Waals surface area contributed by atoms with E-state index >= 15 is 0 Å². The monoisotopic (exact) mass is 513 g/mol. The van der Waals surface area contributed by atoms with Crippen LogP contribution in [0.3, 0.4) is 0 Å². The van der Waals surface area contributed by atoms with Gasteiger partial charge in [0.1, 0.15) is 6.04 Å². The number of hydrogen-bond acceptors (Lipinski definition) is 4. The number of aryl methyl sites for hydroxylation is 1. The lowest BCUT2D eigenvalue weighted by Crippen LogP contribution is -2.48. The number of rotatable bonds is 12. The van der Waals surface area contributed by atoms with Gasteiger partial charge >= 0.3 is 0 Å². The van der Waals surface area contributed by atoms with Gasteiger partial charge in [0, 0.05) is 32.6 Å². The average molecular weight is 514 g/mol. The van der Waals surface area contributed by atoms with Crippen LogP contribution in [0.2, 0.25) is 0 Å². The molecule has 196 valence electrons. The van der Waals surface area contributed by atoms with Crippen molar-refractivity contribution in [2.45, 2.75) is 70.4 Å². The fraction of sp³-hybridized carbons (Fsp3) is 0.500. The molecule has 8 heteroatoms. The molecule has 0 aliphatic carbocycles. The second kappa shape index (κ2) is 13.0. The summed E-state index contributed by atoms with van der Waals surface area (Å²) in [4.78, 5) is 28.0. The van der Waals surface area contributed by atoms with E-state index < -0.39 is 16.1 Å². The lowest BCUT2D eigenvalue weighted by molar-refractivity contribution is -0.140. The fourth-order valence-electron chi connectivity index (χ4n) is 4.30. The van der Waals surface area contributed by atoms with E-state index in [0.29, 0.717) is 38.5 Å². The highest BCUT2D eigenvalue weighted by molar-refractivity contribution is 7.89. The molecule has 1 atom stereocenters. The van der Waals surface area contributed by atoms with Crippen molar-refractivity contribution in [1.82, 2.24) is 14.5 Å². The topological polar surface area (TPSA) is 86.8 Å². The van der Waals surface area contributed by atoms with Gasteiger partial charge in [0.05, 0.1) is 4.90 Å². The molecule has 2 aromatic carbocycles. The molecule has 1 heterocycles. The molecule has 1 fully saturated rings. The Kier molecular flexibility index (Phi) is 10.1. The first kappa shape index (κ1) is 27.9. The number of hydrogen-bond donors (Lipinski definition) is 1. The number of carbonyl (C=O) groups excluding carboxylic acids is 2. The highest BCUT2D eigenvalue weighted by Crippen LogP contribution is 2.21. The largest absolute Gasteiger partial charge is 0.354 e. The first-order chi connectivity index (χ1) is 17.2. The number of amides is 2. The van der Waals surface area contributed by atoms with Crippen LogP contribution in [-0.4, -0.2) is 55.1 Å². The molecule has 0 unspecified atom stereocenters. The second-order valence-corrected chi connectivity index (χ2v) is 11.8. The van der Waals surface area contributed by atoms with E-state index in [0.717, 1.165) is 30.4 Å². The molecule has 0 bridgehead atoms. The molecule has 0 aromatic heterocycles. The van der Waals surface area contributed by atoms with Crippen molar-refractivity contribution in [2.75, 3.05) is 19.6 Å². The molecular weight excluding hydrogens is 474 g/mol. The SMILES string of the molecule is CC(C)CCNC(=O)[C@H](C)N(Cc1ccccc1)C(=O)CCc1ccc(S(=O)(=O)N2CCCC2)cc1. The minimum absolute atomic E-state index is 0.112. The predicted molar refractivity (Wildman–Crippen MR) is 142 cm³/mol. The van der Waals surface area contributed by atoms with Crippen molar-refractivity contribution in [2.24, 2.45) is 5.92 Å². The third-order valence-corrected chi connectivity index (χ3v) is 8.55. The first-order valence-corrected chi connectivity index (χ1v) is 14.3. The van der Waals surface area contributed by atoms with Gasteiger partial charge in [-0.15, -0.1) is 0 Å². The van der Waals surface area contributed by atoms with Crippen molar-refractivity contribution >= 4 is 21.8 Å². The predicted octanol–water partition coefficient (Wildman–Crippen LogP) is 3.98. The average Bonchev–Trinajstić information content (AvgIpc) is 3.42. The smallest absolute Gasteiger partial charge is 0.243 e. The first-order valence-electron chi connectivity index (χ1n) is 12.9. The van der Waals surface area contributed by atoms with E-state index in [1.807, 2.05) is 30.3 Å². The van der Waals surface area contributed by atoms with Gasteiger partial charge in [-0.25, -0.2) is 8.42 Å². The van der Waals surface area contributed by atoms with E-state index in [9.17, 15) is 18.0 Å². The molecule has 2 amide bonds. The van der Waals surface area contributed by atoms with Crippen molar-refractivity contribution in [3.63, 3.8) is 0 Å². The van der Waals surface area contributed by atoms with Gasteiger partial charge in [-0.2, -0.15) is 4.31 Å². The van der Waals surface area contributed by atoms with Crippen molar-refractivity contribution in [3.8, 4) is 0 Å². The van der Waals surface area contributed by atoms with Crippen LogP contribution in [-0.2, 0) is 32.6 Å². The molecule has 7 nitrogen and oxygen atoms in total. The quantitative estimate of drug-likeness (QED) is 0.465. The summed E-state index contributed by atoms with van der Waals surface area (Å²) in [6.45, 7) is 8.05. The number of nitrogens with zero attached hydrogens (tertiary/aromatic N) is 2. The van der Waals surface area contributed by atoms with Gasteiger partial charge in [0.15, 0.2) is 0 Å². The zero-order chi connectivity index (χ0) is 26.1. The number of carbonyl (C=O) groups is 2. The summed E-state index contributed by atoms with van der Waals surface area (Å²) in [5.74, 6) is 0.218. The number of nitrogens with one attached hydrogen (secondary N) is 1. The molecule has 0 radical (unpaired) electrons. The standard InChI is InChI=1S/C28H39N3O4S/c1-22(2)17-18-29-28(33)23(3)31(21-25-9-5-4-6-10-25)27(32)16-13-24-11-14-26(15-12-24)36(34,35)30-19-7-8-20-30/h4-6,9-12,14-15,22-23H,7-8,13,16-21H2,1-3H3,(H,29,33)/t23-/m0/s1.